The molecule has 0 saturated carbocycles. The summed E-state index contributed by atoms with van der Waals surface area (Å²) in [7, 11) is 1.36. The third kappa shape index (κ3) is 3.18. The zero-order valence-corrected chi connectivity index (χ0v) is 15.3. The van der Waals surface area contributed by atoms with E-state index in [1.807, 2.05) is 12.1 Å². The molecule has 0 saturated heterocycles. The molecule has 1 atom stereocenters. The molecule has 0 radical (unpaired) electrons. The minimum Gasteiger partial charge on any atom is -0.465 e. The van der Waals surface area contributed by atoms with Crippen molar-refractivity contribution in [1.29, 1.82) is 0 Å². The van der Waals surface area contributed by atoms with Crippen molar-refractivity contribution < 1.29 is 14.3 Å². The van der Waals surface area contributed by atoms with Crippen molar-refractivity contribution >= 4 is 45.6 Å². The number of carbonyl (C=O) groups is 2. The maximum absolute atomic E-state index is 12.4. The molecule has 5 nitrogen and oxygen atoms in total. The Morgan fingerprint density at radius 3 is 2.84 bits per heavy atom. The van der Waals surface area contributed by atoms with Crippen LogP contribution in [0.4, 0.5) is 0 Å². The standard InChI is InChI=1S/C18H16N2O3S2/c1-23-17(22)11-7-5-10(6-8-11)9-24-18-19-15(21)14-12-3-2-4-13(12)25-16(14)20-18/h5-8,14H,2-4,9H2,1H3. The number of esters is 1. The second kappa shape index (κ2) is 6.80. The molecule has 2 aliphatic heterocycles. The lowest BCUT2D eigenvalue weighted by atomic mass is 9.98. The molecule has 0 aromatic heterocycles. The van der Waals surface area contributed by atoms with E-state index in [9.17, 15) is 9.59 Å². The Bertz CT molecular complexity index is 840. The van der Waals surface area contributed by atoms with Gasteiger partial charge >= 0.3 is 5.97 Å². The highest BCUT2D eigenvalue weighted by Crippen LogP contribution is 2.49. The largest absolute Gasteiger partial charge is 0.465 e. The van der Waals surface area contributed by atoms with Crippen LogP contribution in [0.2, 0.25) is 0 Å². The van der Waals surface area contributed by atoms with Crippen molar-refractivity contribution in [1.82, 2.24) is 0 Å². The number of allylic oxidation sites excluding steroid dienone is 1. The number of aliphatic imine (C=N–C) groups is 2. The number of methoxy groups -OCH3 is 1. The maximum atomic E-state index is 12.4. The van der Waals surface area contributed by atoms with Gasteiger partial charge in [0.25, 0.3) is 5.91 Å². The van der Waals surface area contributed by atoms with Crippen LogP contribution in [-0.2, 0) is 15.3 Å². The first kappa shape index (κ1) is 16.6. The molecule has 4 rings (SSSR count). The molecule has 1 aliphatic carbocycles. The average molecular weight is 372 g/mol. The molecular formula is C18H16N2O3S2. The summed E-state index contributed by atoms with van der Waals surface area (Å²) in [6.07, 6.45) is 3.21. The quantitative estimate of drug-likeness (QED) is 0.755. The molecule has 1 aromatic carbocycles. The van der Waals surface area contributed by atoms with Crippen LogP contribution in [0.25, 0.3) is 0 Å². The molecule has 1 unspecified atom stereocenters. The molecule has 3 aliphatic rings. The number of thioether (sulfide) groups is 2. The van der Waals surface area contributed by atoms with Crippen LogP contribution < -0.4 is 0 Å². The molecule has 0 spiro atoms. The maximum Gasteiger partial charge on any atom is 0.337 e. The fourth-order valence-corrected chi connectivity index (χ4v) is 5.39. The van der Waals surface area contributed by atoms with E-state index in [2.05, 4.69) is 14.7 Å². The summed E-state index contributed by atoms with van der Waals surface area (Å²) in [4.78, 5) is 34.0. The number of fused-ring (bicyclic) bond motifs is 2. The zero-order chi connectivity index (χ0) is 17.4. The number of carbonyl (C=O) groups excluding carboxylic acids is 2. The van der Waals surface area contributed by atoms with Gasteiger partial charge in [0.05, 0.1) is 17.7 Å². The van der Waals surface area contributed by atoms with Gasteiger partial charge in [-0.1, -0.05) is 35.7 Å². The third-order valence-electron chi connectivity index (χ3n) is 4.43. The molecule has 0 bridgehead atoms. The molecule has 2 heterocycles. The van der Waals surface area contributed by atoms with Gasteiger partial charge in [-0.05, 0) is 47.4 Å². The van der Waals surface area contributed by atoms with Gasteiger partial charge in [0.1, 0.15) is 5.92 Å². The van der Waals surface area contributed by atoms with E-state index in [4.69, 9.17) is 0 Å². The summed E-state index contributed by atoms with van der Waals surface area (Å²) in [6, 6.07) is 7.22. The third-order valence-corrected chi connectivity index (χ3v) is 6.60. The number of ether oxygens (including phenoxy) is 1. The van der Waals surface area contributed by atoms with Gasteiger partial charge in [0, 0.05) is 5.75 Å². The molecular weight excluding hydrogens is 356 g/mol. The lowest BCUT2D eigenvalue weighted by Gasteiger charge is -2.16. The number of hydrogen-bond donors (Lipinski definition) is 0. The Kier molecular flexibility index (Phi) is 4.52. The van der Waals surface area contributed by atoms with Gasteiger partial charge in [-0.2, -0.15) is 4.99 Å². The van der Waals surface area contributed by atoms with Gasteiger partial charge in [0.15, 0.2) is 5.17 Å². The molecule has 25 heavy (non-hydrogen) atoms. The minimum atomic E-state index is -0.349. The van der Waals surface area contributed by atoms with E-state index in [0.717, 1.165) is 29.9 Å². The van der Waals surface area contributed by atoms with Crippen molar-refractivity contribution in [2.75, 3.05) is 7.11 Å². The number of amidine groups is 1. The first-order valence-electron chi connectivity index (χ1n) is 8.06. The van der Waals surface area contributed by atoms with Crippen molar-refractivity contribution in [2.24, 2.45) is 15.9 Å². The molecule has 128 valence electrons. The van der Waals surface area contributed by atoms with Crippen LogP contribution in [0.5, 0.6) is 0 Å². The molecule has 1 aromatic rings. The first-order chi connectivity index (χ1) is 12.2. The predicted octanol–water partition coefficient (Wildman–Crippen LogP) is 3.80. The van der Waals surface area contributed by atoms with E-state index in [1.165, 1.54) is 29.3 Å². The monoisotopic (exact) mass is 372 g/mol. The van der Waals surface area contributed by atoms with E-state index < -0.39 is 0 Å². The van der Waals surface area contributed by atoms with Crippen LogP contribution in [0.3, 0.4) is 0 Å². The van der Waals surface area contributed by atoms with Crippen LogP contribution in [0, 0.1) is 5.92 Å². The van der Waals surface area contributed by atoms with Crippen molar-refractivity contribution in [2.45, 2.75) is 25.0 Å². The minimum absolute atomic E-state index is 0.0760. The van der Waals surface area contributed by atoms with Gasteiger partial charge < -0.3 is 4.74 Å². The molecule has 0 N–H and O–H groups in total. The summed E-state index contributed by atoms with van der Waals surface area (Å²) >= 11 is 3.11. The summed E-state index contributed by atoms with van der Waals surface area (Å²) in [6.45, 7) is 0. The van der Waals surface area contributed by atoms with E-state index in [0.29, 0.717) is 16.5 Å². The van der Waals surface area contributed by atoms with Gasteiger partial charge in [0.2, 0.25) is 0 Å². The molecule has 0 fully saturated rings. The van der Waals surface area contributed by atoms with E-state index >= 15 is 0 Å². The number of rotatable bonds is 3. The molecule has 7 heteroatoms. The van der Waals surface area contributed by atoms with Crippen LogP contribution >= 0.6 is 23.5 Å². The molecule has 1 amide bonds. The number of nitrogens with zero attached hydrogens (tertiary/aromatic N) is 2. The number of hydrogen-bond acceptors (Lipinski definition) is 6. The lowest BCUT2D eigenvalue weighted by Crippen LogP contribution is -2.24. The van der Waals surface area contributed by atoms with Crippen molar-refractivity contribution in [3.8, 4) is 0 Å². The predicted molar refractivity (Wildman–Crippen MR) is 101 cm³/mol. The SMILES string of the molecule is COC(=O)c1ccc(CSC2=NC(=O)C3C(=N2)SC2=C3CCC2)cc1. The van der Waals surface area contributed by atoms with Gasteiger partial charge in [-0.25, -0.2) is 9.79 Å². The van der Waals surface area contributed by atoms with Gasteiger partial charge in [-0.3, -0.25) is 4.79 Å². The Balaban J connectivity index is 1.42. The highest BCUT2D eigenvalue weighted by molar-refractivity contribution is 8.18. The fraction of sp³-hybridized carbons (Fsp3) is 0.333. The topological polar surface area (TPSA) is 68.1 Å². The van der Waals surface area contributed by atoms with Crippen LogP contribution in [0.1, 0.15) is 35.2 Å². The van der Waals surface area contributed by atoms with Crippen LogP contribution in [0.15, 0.2) is 44.7 Å². The van der Waals surface area contributed by atoms with Crippen molar-refractivity contribution in [3.63, 3.8) is 0 Å². The zero-order valence-electron chi connectivity index (χ0n) is 13.7. The van der Waals surface area contributed by atoms with Crippen LogP contribution in [-0.4, -0.2) is 29.2 Å². The lowest BCUT2D eigenvalue weighted by molar-refractivity contribution is -0.118. The second-order valence-electron chi connectivity index (χ2n) is 6.00. The summed E-state index contributed by atoms with van der Waals surface area (Å²) in [5.74, 6) is 0.0177. The van der Waals surface area contributed by atoms with E-state index in [-0.39, 0.29) is 17.8 Å². The Labute approximate surface area is 154 Å². The average Bonchev–Trinajstić information content (AvgIpc) is 3.20. The Morgan fingerprint density at radius 2 is 2.08 bits per heavy atom. The van der Waals surface area contributed by atoms with E-state index in [1.54, 1.807) is 23.9 Å². The highest BCUT2D eigenvalue weighted by Gasteiger charge is 2.41. The van der Waals surface area contributed by atoms with Crippen molar-refractivity contribution in [3.05, 3.63) is 45.9 Å². The summed E-state index contributed by atoms with van der Waals surface area (Å²) in [5, 5.41) is 1.43. The number of benzene rings is 1. The van der Waals surface area contributed by atoms with Gasteiger partial charge in [-0.15, -0.1) is 0 Å². The summed E-state index contributed by atoms with van der Waals surface area (Å²) in [5.41, 5.74) is 2.81. The first-order valence-corrected chi connectivity index (χ1v) is 9.87. The number of amides is 1. The smallest absolute Gasteiger partial charge is 0.337 e. The normalized spacial score (nSPS) is 21.6. The fourth-order valence-electron chi connectivity index (χ4n) is 3.18. The Morgan fingerprint density at radius 1 is 1.28 bits per heavy atom. The summed E-state index contributed by atoms with van der Waals surface area (Å²) < 4.78 is 4.69. The highest BCUT2D eigenvalue weighted by atomic mass is 32.2. The Hall–Kier alpha value is -1.86. The second-order valence-corrected chi connectivity index (χ2v) is 8.05.